The summed E-state index contributed by atoms with van der Waals surface area (Å²) in [6.45, 7) is 1.86. The number of alkyl halides is 1. The molecule has 0 atom stereocenters. The number of hydrogen-bond acceptors (Lipinski definition) is 2. The van der Waals surface area contributed by atoms with Gasteiger partial charge in [-0.25, -0.2) is 0 Å². The first-order chi connectivity index (χ1) is 10.6. The second kappa shape index (κ2) is 6.90. The molecule has 1 amide bonds. The van der Waals surface area contributed by atoms with Crippen LogP contribution in [0.4, 0.5) is 5.69 Å². The molecule has 1 aromatic carbocycles. The fraction of sp³-hybridized carbons (Fsp3) is 0.588. The SMILES string of the molecule is O=C(Nc1ccc(Br)cc1)C1(N2CCC(Cl)CC2)CCCC1. The topological polar surface area (TPSA) is 32.3 Å². The van der Waals surface area contributed by atoms with Gasteiger partial charge >= 0.3 is 0 Å². The van der Waals surface area contributed by atoms with E-state index < -0.39 is 0 Å². The lowest BCUT2D eigenvalue weighted by molar-refractivity contribution is -0.128. The molecule has 0 unspecified atom stereocenters. The Morgan fingerprint density at radius 2 is 1.77 bits per heavy atom. The van der Waals surface area contributed by atoms with Crippen LogP contribution in [0.15, 0.2) is 28.7 Å². The Labute approximate surface area is 145 Å². The molecule has 0 spiro atoms. The van der Waals surface area contributed by atoms with Crippen molar-refractivity contribution in [3.8, 4) is 0 Å². The third-order valence-electron chi connectivity index (χ3n) is 4.99. The molecule has 2 aliphatic rings. The molecule has 22 heavy (non-hydrogen) atoms. The molecular formula is C17H22BrClN2O. The van der Waals surface area contributed by atoms with Crippen LogP contribution in [0.5, 0.6) is 0 Å². The molecule has 1 aliphatic carbocycles. The smallest absolute Gasteiger partial charge is 0.244 e. The maximum absolute atomic E-state index is 13.0. The Morgan fingerprint density at radius 3 is 2.36 bits per heavy atom. The number of nitrogens with zero attached hydrogens (tertiary/aromatic N) is 1. The summed E-state index contributed by atoms with van der Waals surface area (Å²) in [6.07, 6.45) is 6.15. The highest BCUT2D eigenvalue weighted by molar-refractivity contribution is 9.10. The number of piperidine rings is 1. The quantitative estimate of drug-likeness (QED) is 0.782. The van der Waals surface area contributed by atoms with E-state index in [9.17, 15) is 4.79 Å². The Hall–Kier alpha value is -0.580. The van der Waals surface area contributed by atoms with Crippen molar-refractivity contribution in [3.05, 3.63) is 28.7 Å². The van der Waals surface area contributed by atoms with Crippen LogP contribution in [0.25, 0.3) is 0 Å². The zero-order chi connectivity index (χ0) is 15.6. The van der Waals surface area contributed by atoms with E-state index in [-0.39, 0.29) is 16.8 Å². The molecule has 3 nitrogen and oxygen atoms in total. The molecule has 1 aromatic rings. The summed E-state index contributed by atoms with van der Waals surface area (Å²) in [5.74, 6) is 0.153. The maximum Gasteiger partial charge on any atom is 0.244 e. The summed E-state index contributed by atoms with van der Waals surface area (Å²) in [7, 11) is 0. The van der Waals surface area contributed by atoms with Gasteiger partial charge in [0.15, 0.2) is 0 Å². The number of carbonyl (C=O) groups is 1. The molecule has 120 valence electrons. The minimum atomic E-state index is -0.329. The maximum atomic E-state index is 13.0. The van der Waals surface area contributed by atoms with Crippen molar-refractivity contribution in [1.82, 2.24) is 4.90 Å². The first-order valence-electron chi connectivity index (χ1n) is 8.06. The average molecular weight is 386 g/mol. The molecule has 3 rings (SSSR count). The minimum absolute atomic E-state index is 0.153. The van der Waals surface area contributed by atoms with E-state index in [0.717, 1.165) is 61.8 Å². The van der Waals surface area contributed by atoms with Crippen LogP contribution in [0.1, 0.15) is 38.5 Å². The Bertz CT molecular complexity index is 520. The molecule has 5 heteroatoms. The lowest BCUT2D eigenvalue weighted by Gasteiger charge is -2.43. The lowest BCUT2D eigenvalue weighted by atomic mass is 9.91. The molecule has 1 N–H and O–H groups in total. The van der Waals surface area contributed by atoms with E-state index in [0.29, 0.717) is 0 Å². The van der Waals surface area contributed by atoms with Crippen LogP contribution in [0.3, 0.4) is 0 Å². The molecule has 2 fully saturated rings. The van der Waals surface area contributed by atoms with Crippen molar-refractivity contribution < 1.29 is 4.79 Å². The van der Waals surface area contributed by atoms with Crippen LogP contribution in [-0.2, 0) is 4.79 Å². The highest BCUT2D eigenvalue weighted by atomic mass is 79.9. The van der Waals surface area contributed by atoms with Gasteiger partial charge in [0.05, 0.1) is 0 Å². The molecule has 0 radical (unpaired) electrons. The molecule has 1 saturated heterocycles. The molecule has 0 aromatic heterocycles. The number of likely N-dealkylation sites (tertiary alicyclic amines) is 1. The van der Waals surface area contributed by atoms with Gasteiger partial charge in [-0.2, -0.15) is 0 Å². The van der Waals surface area contributed by atoms with Gasteiger partial charge in [-0.3, -0.25) is 9.69 Å². The average Bonchev–Trinajstić information content (AvgIpc) is 3.01. The van der Waals surface area contributed by atoms with E-state index in [1.54, 1.807) is 0 Å². The van der Waals surface area contributed by atoms with Gasteiger partial charge in [-0.15, -0.1) is 11.6 Å². The van der Waals surface area contributed by atoms with E-state index in [1.165, 1.54) is 0 Å². The second-order valence-corrected chi connectivity index (χ2v) is 7.89. The van der Waals surface area contributed by atoms with E-state index in [2.05, 4.69) is 26.1 Å². The Morgan fingerprint density at radius 1 is 1.18 bits per heavy atom. The summed E-state index contributed by atoms with van der Waals surface area (Å²) in [5.41, 5.74) is 0.538. The van der Waals surface area contributed by atoms with E-state index in [4.69, 9.17) is 11.6 Å². The fourth-order valence-electron chi connectivity index (χ4n) is 3.70. The summed E-state index contributed by atoms with van der Waals surface area (Å²) >= 11 is 9.65. The van der Waals surface area contributed by atoms with Crippen molar-refractivity contribution in [1.29, 1.82) is 0 Å². The first kappa shape index (κ1) is 16.3. The first-order valence-corrected chi connectivity index (χ1v) is 9.29. The second-order valence-electron chi connectivity index (χ2n) is 6.36. The van der Waals surface area contributed by atoms with Crippen molar-refractivity contribution >= 4 is 39.1 Å². The monoisotopic (exact) mass is 384 g/mol. The van der Waals surface area contributed by atoms with Crippen molar-refractivity contribution in [3.63, 3.8) is 0 Å². The minimum Gasteiger partial charge on any atom is -0.324 e. The number of benzene rings is 1. The van der Waals surface area contributed by atoms with Crippen molar-refractivity contribution in [2.45, 2.75) is 49.4 Å². The van der Waals surface area contributed by atoms with E-state index >= 15 is 0 Å². The highest BCUT2D eigenvalue weighted by Gasteiger charge is 2.46. The Balaban J connectivity index is 1.75. The number of rotatable bonds is 3. The summed E-state index contributed by atoms with van der Waals surface area (Å²) in [4.78, 5) is 15.4. The van der Waals surface area contributed by atoms with Crippen LogP contribution in [-0.4, -0.2) is 34.8 Å². The van der Waals surface area contributed by atoms with Crippen molar-refractivity contribution in [2.24, 2.45) is 0 Å². The Kier molecular flexibility index (Phi) is 5.10. The van der Waals surface area contributed by atoms with Gasteiger partial charge in [0.2, 0.25) is 5.91 Å². The van der Waals surface area contributed by atoms with Crippen LogP contribution in [0, 0.1) is 0 Å². The molecule has 1 saturated carbocycles. The number of carbonyl (C=O) groups excluding carboxylic acids is 1. The van der Waals surface area contributed by atoms with Crippen molar-refractivity contribution in [2.75, 3.05) is 18.4 Å². The zero-order valence-electron chi connectivity index (χ0n) is 12.7. The number of halogens is 2. The molecular weight excluding hydrogens is 364 g/mol. The standard InChI is InChI=1S/C17H22BrClN2O/c18-13-3-5-15(6-4-13)20-16(22)17(9-1-2-10-17)21-11-7-14(19)8-12-21/h3-6,14H,1-2,7-12H2,(H,20,22). The predicted octanol–water partition coefficient (Wildman–Crippen LogP) is 4.40. The molecule has 0 bridgehead atoms. The fourth-order valence-corrected chi connectivity index (χ4v) is 4.16. The largest absolute Gasteiger partial charge is 0.324 e. The third-order valence-corrected chi connectivity index (χ3v) is 5.95. The summed E-state index contributed by atoms with van der Waals surface area (Å²) in [6, 6.07) is 7.79. The van der Waals surface area contributed by atoms with Gasteiger partial charge in [0.1, 0.15) is 5.54 Å². The van der Waals surface area contributed by atoms with Gasteiger partial charge in [0, 0.05) is 28.6 Å². The number of hydrogen-bond donors (Lipinski definition) is 1. The van der Waals surface area contributed by atoms with Crippen LogP contribution >= 0.6 is 27.5 Å². The normalized spacial score (nSPS) is 22.6. The van der Waals surface area contributed by atoms with Gasteiger partial charge in [-0.1, -0.05) is 28.8 Å². The molecule has 1 aliphatic heterocycles. The number of nitrogens with one attached hydrogen (secondary N) is 1. The predicted molar refractivity (Wildman–Crippen MR) is 94.4 cm³/mol. The van der Waals surface area contributed by atoms with Crippen LogP contribution in [0.2, 0.25) is 0 Å². The zero-order valence-corrected chi connectivity index (χ0v) is 15.0. The third kappa shape index (κ3) is 3.34. The van der Waals surface area contributed by atoms with Crippen LogP contribution < -0.4 is 5.32 Å². The van der Waals surface area contributed by atoms with E-state index in [1.807, 2.05) is 24.3 Å². The van der Waals surface area contributed by atoms with Gasteiger partial charge < -0.3 is 5.32 Å². The number of anilines is 1. The number of amides is 1. The van der Waals surface area contributed by atoms with Gasteiger partial charge in [0.25, 0.3) is 0 Å². The molecule has 1 heterocycles. The summed E-state index contributed by atoms with van der Waals surface area (Å²) < 4.78 is 1.02. The highest BCUT2D eigenvalue weighted by Crippen LogP contribution is 2.38. The lowest BCUT2D eigenvalue weighted by Crippen LogP contribution is -2.57. The summed E-state index contributed by atoms with van der Waals surface area (Å²) in [5, 5.41) is 3.39. The van der Waals surface area contributed by atoms with Gasteiger partial charge in [-0.05, 0) is 49.9 Å².